The summed E-state index contributed by atoms with van der Waals surface area (Å²) < 4.78 is 17.0. The summed E-state index contributed by atoms with van der Waals surface area (Å²) in [6.45, 7) is 2.11. The van der Waals surface area contributed by atoms with Crippen LogP contribution in [-0.4, -0.2) is 18.7 Å². The van der Waals surface area contributed by atoms with Gasteiger partial charge in [0.15, 0.2) is 0 Å². The molecule has 0 spiro atoms. The number of halogens is 1. The number of carbonyl (C=O) groups is 1. The molecule has 0 radical (unpaired) electrons. The molecule has 0 saturated carbocycles. The third-order valence-electron chi connectivity index (χ3n) is 1.60. The smallest absolute Gasteiger partial charge is 0.341 e. The number of esters is 1. The summed E-state index contributed by atoms with van der Waals surface area (Å²) in [4.78, 5) is 10.3. The third kappa shape index (κ3) is 1.04. The van der Waals surface area contributed by atoms with Gasteiger partial charge in [-0.15, -0.1) is 0 Å². The number of carbonyl (C=O) groups excluding carboxylic acids is 1. The molecule has 3 heteroatoms. The number of hydrogen-bond acceptors (Lipinski definition) is 2. The van der Waals surface area contributed by atoms with E-state index in [-0.39, 0.29) is 12.5 Å². The highest BCUT2D eigenvalue weighted by Gasteiger charge is 2.35. The highest BCUT2D eigenvalue weighted by atomic mass is 19.1. The standard InChI is InChI=1S/C6H9FO2/c1-2-4-3-9-6(8)5(4)7/h4-5H,2-3H2,1H3. The molecule has 0 aromatic heterocycles. The van der Waals surface area contributed by atoms with Gasteiger partial charge >= 0.3 is 5.97 Å². The molecule has 1 rings (SSSR count). The zero-order chi connectivity index (χ0) is 6.85. The van der Waals surface area contributed by atoms with E-state index in [4.69, 9.17) is 0 Å². The van der Waals surface area contributed by atoms with Crippen LogP contribution in [0.3, 0.4) is 0 Å². The van der Waals surface area contributed by atoms with Crippen LogP contribution in [-0.2, 0) is 9.53 Å². The Morgan fingerprint density at radius 2 is 2.56 bits per heavy atom. The zero-order valence-electron chi connectivity index (χ0n) is 5.26. The fourth-order valence-corrected chi connectivity index (χ4v) is 0.871. The monoisotopic (exact) mass is 132 g/mol. The minimum atomic E-state index is -1.37. The van der Waals surface area contributed by atoms with Gasteiger partial charge in [-0.1, -0.05) is 6.92 Å². The lowest BCUT2D eigenvalue weighted by Crippen LogP contribution is -2.15. The Kier molecular flexibility index (Phi) is 1.69. The molecule has 2 nitrogen and oxygen atoms in total. The highest BCUT2D eigenvalue weighted by molar-refractivity contribution is 5.76. The molecule has 0 aliphatic carbocycles. The Morgan fingerprint density at radius 1 is 1.89 bits per heavy atom. The first-order valence-electron chi connectivity index (χ1n) is 3.06. The average Bonchev–Trinajstić information content (AvgIpc) is 2.15. The summed E-state index contributed by atoms with van der Waals surface area (Å²) in [6, 6.07) is 0. The van der Waals surface area contributed by atoms with Crippen LogP contribution >= 0.6 is 0 Å². The average molecular weight is 132 g/mol. The third-order valence-corrected chi connectivity index (χ3v) is 1.60. The van der Waals surface area contributed by atoms with Crippen LogP contribution in [0.1, 0.15) is 13.3 Å². The maximum Gasteiger partial charge on any atom is 0.341 e. The van der Waals surface area contributed by atoms with Crippen molar-refractivity contribution in [2.24, 2.45) is 5.92 Å². The fraction of sp³-hybridized carbons (Fsp3) is 0.833. The van der Waals surface area contributed by atoms with E-state index in [1.165, 1.54) is 0 Å². The van der Waals surface area contributed by atoms with E-state index in [0.717, 1.165) is 0 Å². The molecular formula is C6H9FO2. The van der Waals surface area contributed by atoms with Crippen molar-refractivity contribution >= 4 is 5.97 Å². The first kappa shape index (κ1) is 6.52. The maximum absolute atomic E-state index is 12.5. The normalized spacial score (nSPS) is 34.7. The molecule has 0 bridgehead atoms. The van der Waals surface area contributed by atoms with Gasteiger partial charge in [0.25, 0.3) is 0 Å². The van der Waals surface area contributed by atoms with E-state index in [1.54, 1.807) is 0 Å². The summed E-state index contributed by atoms with van der Waals surface area (Å²) >= 11 is 0. The van der Waals surface area contributed by atoms with Gasteiger partial charge in [-0.3, -0.25) is 0 Å². The van der Waals surface area contributed by atoms with Gasteiger partial charge in [0, 0.05) is 5.92 Å². The molecule has 9 heavy (non-hydrogen) atoms. The van der Waals surface area contributed by atoms with Crippen molar-refractivity contribution in [1.82, 2.24) is 0 Å². The number of ether oxygens (including phenoxy) is 1. The Morgan fingerprint density at radius 3 is 2.78 bits per heavy atom. The quantitative estimate of drug-likeness (QED) is 0.495. The minimum absolute atomic E-state index is 0.197. The SMILES string of the molecule is CCC1COC(=O)C1F. The predicted molar refractivity (Wildman–Crippen MR) is 29.6 cm³/mol. The Balaban J connectivity index is 2.51. The maximum atomic E-state index is 12.5. The van der Waals surface area contributed by atoms with Crippen molar-refractivity contribution in [3.05, 3.63) is 0 Å². The Hall–Kier alpha value is -0.600. The predicted octanol–water partition coefficient (Wildman–Crippen LogP) is 0.908. The van der Waals surface area contributed by atoms with Crippen LogP contribution in [0.2, 0.25) is 0 Å². The van der Waals surface area contributed by atoms with E-state index >= 15 is 0 Å². The van der Waals surface area contributed by atoms with Crippen LogP contribution < -0.4 is 0 Å². The number of cyclic esters (lactones) is 1. The number of hydrogen-bond donors (Lipinski definition) is 0. The summed E-state index contributed by atoms with van der Waals surface area (Å²) in [5, 5.41) is 0. The molecule has 2 unspecified atom stereocenters. The van der Waals surface area contributed by atoms with E-state index in [9.17, 15) is 9.18 Å². The van der Waals surface area contributed by atoms with Crippen molar-refractivity contribution in [1.29, 1.82) is 0 Å². The molecule has 1 heterocycles. The van der Waals surface area contributed by atoms with Gasteiger partial charge in [0.05, 0.1) is 6.61 Å². The summed E-state index contributed by atoms with van der Waals surface area (Å²) in [6.07, 6.45) is -0.692. The molecule has 0 N–H and O–H groups in total. The molecule has 52 valence electrons. The van der Waals surface area contributed by atoms with E-state index < -0.39 is 12.1 Å². The van der Waals surface area contributed by atoms with Crippen molar-refractivity contribution in [3.8, 4) is 0 Å². The first-order valence-corrected chi connectivity index (χ1v) is 3.06. The largest absolute Gasteiger partial charge is 0.463 e. The molecular weight excluding hydrogens is 123 g/mol. The lowest BCUT2D eigenvalue weighted by atomic mass is 10.1. The molecule has 1 aliphatic heterocycles. The van der Waals surface area contributed by atoms with Crippen LogP contribution in [0, 0.1) is 5.92 Å². The van der Waals surface area contributed by atoms with E-state index in [1.807, 2.05) is 6.92 Å². The van der Waals surface area contributed by atoms with Gasteiger partial charge in [0.1, 0.15) is 0 Å². The van der Waals surface area contributed by atoms with Gasteiger partial charge in [-0.05, 0) is 6.42 Å². The summed E-state index contributed by atoms with van der Waals surface area (Å²) in [5.74, 6) is -0.889. The van der Waals surface area contributed by atoms with Crippen molar-refractivity contribution in [3.63, 3.8) is 0 Å². The molecule has 0 amide bonds. The lowest BCUT2D eigenvalue weighted by molar-refractivity contribution is -0.142. The highest BCUT2D eigenvalue weighted by Crippen LogP contribution is 2.20. The van der Waals surface area contributed by atoms with Crippen molar-refractivity contribution in [2.45, 2.75) is 19.5 Å². The van der Waals surface area contributed by atoms with Gasteiger partial charge in [0.2, 0.25) is 6.17 Å². The second kappa shape index (κ2) is 2.33. The van der Waals surface area contributed by atoms with Crippen molar-refractivity contribution in [2.75, 3.05) is 6.61 Å². The second-order valence-electron chi connectivity index (χ2n) is 2.20. The lowest BCUT2D eigenvalue weighted by Gasteiger charge is -2.00. The molecule has 0 aromatic rings. The molecule has 1 fully saturated rings. The topological polar surface area (TPSA) is 26.3 Å². The van der Waals surface area contributed by atoms with Gasteiger partial charge < -0.3 is 4.74 Å². The zero-order valence-corrected chi connectivity index (χ0v) is 5.26. The van der Waals surface area contributed by atoms with Crippen LogP contribution in [0.4, 0.5) is 4.39 Å². The van der Waals surface area contributed by atoms with Crippen LogP contribution in [0.5, 0.6) is 0 Å². The number of rotatable bonds is 1. The fourth-order valence-electron chi connectivity index (χ4n) is 0.871. The van der Waals surface area contributed by atoms with Crippen LogP contribution in [0.15, 0.2) is 0 Å². The molecule has 1 saturated heterocycles. The minimum Gasteiger partial charge on any atom is -0.463 e. The summed E-state index contributed by atoms with van der Waals surface area (Å²) in [5.41, 5.74) is 0. The molecule has 0 aromatic carbocycles. The van der Waals surface area contributed by atoms with Crippen LogP contribution in [0.25, 0.3) is 0 Å². The van der Waals surface area contributed by atoms with Gasteiger partial charge in [-0.25, -0.2) is 9.18 Å². The van der Waals surface area contributed by atoms with Gasteiger partial charge in [-0.2, -0.15) is 0 Å². The Bertz CT molecular complexity index is 124. The summed E-state index contributed by atoms with van der Waals surface area (Å²) in [7, 11) is 0. The van der Waals surface area contributed by atoms with Crippen molar-refractivity contribution < 1.29 is 13.9 Å². The molecule has 2 atom stereocenters. The Labute approximate surface area is 53.0 Å². The van der Waals surface area contributed by atoms with E-state index in [2.05, 4.69) is 4.74 Å². The van der Waals surface area contributed by atoms with E-state index in [0.29, 0.717) is 6.42 Å². The number of alkyl halides is 1. The molecule has 1 aliphatic rings. The first-order chi connectivity index (χ1) is 4.25. The second-order valence-corrected chi connectivity index (χ2v) is 2.20.